The van der Waals surface area contributed by atoms with Crippen LogP contribution in [0.1, 0.15) is 18.9 Å². The summed E-state index contributed by atoms with van der Waals surface area (Å²) < 4.78 is 5.23. The van der Waals surface area contributed by atoms with E-state index in [4.69, 9.17) is 4.74 Å². The maximum Gasteiger partial charge on any atom is 0.229 e. The quantitative estimate of drug-likeness (QED) is 0.755. The van der Waals surface area contributed by atoms with Crippen molar-refractivity contribution in [2.75, 3.05) is 30.8 Å². The number of carbonyl (C=O) groups is 3. The van der Waals surface area contributed by atoms with Crippen molar-refractivity contribution in [2.24, 2.45) is 5.92 Å². The van der Waals surface area contributed by atoms with Gasteiger partial charge in [-0.25, -0.2) is 0 Å². The summed E-state index contributed by atoms with van der Waals surface area (Å²) in [6, 6.07) is 14.7. The zero-order chi connectivity index (χ0) is 20.8. The molecule has 2 aromatic carbocycles. The molecule has 0 saturated carbocycles. The molecule has 29 heavy (non-hydrogen) atoms. The van der Waals surface area contributed by atoms with E-state index in [-0.39, 0.29) is 24.1 Å². The van der Waals surface area contributed by atoms with Gasteiger partial charge in [0.05, 0.1) is 13.0 Å². The first kappa shape index (κ1) is 20.4. The third-order valence-electron chi connectivity index (χ3n) is 4.84. The van der Waals surface area contributed by atoms with Gasteiger partial charge in [0.1, 0.15) is 5.75 Å². The second kappa shape index (κ2) is 9.23. The highest BCUT2D eigenvalue weighted by Crippen LogP contribution is 2.22. The average molecular weight is 395 g/mol. The van der Waals surface area contributed by atoms with Crippen molar-refractivity contribution in [3.05, 3.63) is 54.1 Å². The molecular formula is C22H25N3O4. The predicted molar refractivity (Wildman–Crippen MR) is 111 cm³/mol. The van der Waals surface area contributed by atoms with E-state index in [9.17, 15) is 14.4 Å². The van der Waals surface area contributed by atoms with Crippen LogP contribution in [0.25, 0.3) is 0 Å². The van der Waals surface area contributed by atoms with E-state index in [1.54, 1.807) is 36.3 Å². The van der Waals surface area contributed by atoms with Crippen LogP contribution in [0.4, 0.5) is 11.4 Å². The van der Waals surface area contributed by atoms with Crippen LogP contribution in [0.5, 0.6) is 5.75 Å². The highest BCUT2D eigenvalue weighted by molar-refractivity contribution is 5.98. The summed E-state index contributed by atoms with van der Waals surface area (Å²) in [5.41, 5.74) is 2.28. The molecule has 2 N–H and O–H groups in total. The number of likely N-dealkylation sites (tertiary alicyclic amines) is 1. The molecule has 1 aliphatic rings. The number of nitrogens with zero attached hydrogens (tertiary/aromatic N) is 1. The summed E-state index contributed by atoms with van der Waals surface area (Å²) in [6.45, 7) is 2.39. The lowest BCUT2D eigenvalue weighted by molar-refractivity contribution is -0.128. The van der Waals surface area contributed by atoms with Crippen molar-refractivity contribution in [1.29, 1.82) is 0 Å². The van der Waals surface area contributed by atoms with Crippen LogP contribution in [0, 0.1) is 5.92 Å². The Kier molecular flexibility index (Phi) is 6.49. The van der Waals surface area contributed by atoms with Crippen molar-refractivity contribution in [2.45, 2.75) is 19.8 Å². The normalized spacial score (nSPS) is 15.9. The number of hydrogen-bond acceptors (Lipinski definition) is 4. The lowest BCUT2D eigenvalue weighted by Gasteiger charge is -2.17. The molecule has 2 aromatic rings. The minimum atomic E-state index is -0.391. The first-order valence-corrected chi connectivity index (χ1v) is 9.54. The predicted octanol–water partition coefficient (Wildman–Crippen LogP) is 2.68. The Bertz CT molecular complexity index is 912. The monoisotopic (exact) mass is 395 g/mol. The summed E-state index contributed by atoms with van der Waals surface area (Å²) in [5, 5.41) is 5.52. The molecule has 0 aliphatic carbocycles. The van der Waals surface area contributed by atoms with Crippen LogP contribution in [-0.2, 0) is 20.8 Å². The molecule has 0 radical (unpaired) electrons. The van der Waals surface area contributed by atoms with Crippen LogP contribution < -0.4 is 15.4 Å². The highest BCUT2D eigenvalue weighted by atomic mass is 16.5. The summed E-state index contributed by atoms with van der Waals surface area (Å²) in [6.07, 6.45) is 0.908. The maximum atomic E-state index is 12.6. The number of methoxy groups -OCH3 is 1. The minimum absolute atomic E-state index is 0.0138. The van der Waals surface area contributed by atoms with Crippen molar-refractivity contribution in [1.82, 2.24) is 4.90 Å². The van der Waals surface area contributed by atoms with Crippen LogP contribution in [0.2, 0.25) is 0 Å². The molecule has 1 fully saturated rings. The number of carbonyl (C=O) groups excluding carboxylic acids is 3. The summed E-state index contributed by atoms with van der Waals surface area (Å²) in [7, 11) is 1.62. The van der Waals surface area contributed by atoms with Crippen LogP contribution >= 0.6 is 0 Å². The van der Waals surface area contributed by atoms with Crippen LogP contribution in [0.15, 0.2) is 48.5 Å². The van der Waals surface area contributed by atoms with Gasteiger partial charge in [0.15, 0.2) is 0 Å². The second-order valence-corrected chi connectivity index (χ2v) is 7.09. The van der Waals surface area contributed by atoms with Gasteiger partial charge in [0.25, 0.3) is 0 Å². The molecule has 1 aliphatic heterocycles. The Balaban J connectivity index is 1.55. The topological polar surface area (TPSA) is 87.7 Å². The second-order valence-electron chi connectivity index (χ2n) is 7.09. The number of benzene rings is 2. The Hall–Kier alpha value is -3.35. The molecule has 3 rings (SSSR count). The summed E-state index contributed by atoms with van der Waals surface area (Å²) >= 11 is 0. The highest BCUT2D eigenvalue weighted by Gasteiger charge is 2.34. The molecule has 0 spiro atoms. The number of ether oxygens (including phenoxy) is 1. The van der Waals surface area contributed by atoms with Crippen molar-refractivity contribution < 1.29 is 19.1 Å². The van der Waals surface area contributed by atoms with E-state index in [2.05, 4.69) is 10.6 Å². The van der Waals surface area contributed by atoms with Crippen molar-refractivity contribution in [3.8, 4) is 5.75 Å². The van der Waals surface area contributed by atoms with Gasteiger partial charge >= 0.3 is 0 Å². The van der Waals surface area contributed by atoms with E-state index in [1.165, 1.54) is 6.92 Å². The molecule has 7 heteroatoms. The Morgan fingerprint density at radius 2 is 1.83 bits per heavy atom. The molecule has 152 valence electrons. The van der Waals surface area contributed by atoms with Crippen molar-refractivity contribution in [3.63, 3.8) is 0 Å². The third-order valence-corrected chi connectivity index (χ3v) is 4.84. The molecule has 7 nitrogen and oxygen atoms in total. The van der Waals surface area contributed by atoms with E-state index < -0.39 is 5.92 Å². The molecule has 1 heterocycles. The first-order chi connectivity index (χ1) is 13.9. The van der Waals surface area contributed by atoms with E-state index in [0.29, 0.717) is 30.9 Å². The van der Waals surface area contributed by atoms with Gasteiger partial charge in [-0.1, -0.05) is 18.2 Å². The van der Waals surface area contributed by atoms with Gasteiger partial charge < -0.3 is 20.3 Å². The fourth-order valence-electron chi connectivity index (χ4n) is 3.38. The summed E-state index contributed by atoms with van der Waals surface area (Å²) in [4.78, 5) is 37.9. The molecule has 3 amide bonds. The number of nitrogens with one attached hydrogen (secondary N) is 2. The molecule has 0 bridgehead atoms. The zero-order valence-electron chi connectivity index (χ0n) is 16.6. The molecule has 1 saturated heterocycles. The number of anilines is 2. The van der Waals surface area contributed by atoms with Gasteiger partial charge in [-0.05, 0) is 42.3 Å². The van der Waals surface area contributed by atoms with E-state index >= 15 is 0 Å². The largest absolute Gasteiger partial charge is 0.497 e. The first-order valence-electron chi connectivity index (χ1n) is 9.54. The Morgan fingerprint density at radius 3 is 2.55 bits per heavy atom. The van der Waals surface area contributed by atoms with Crippen molar-refractivity contribution >= 4 is 29.1 Å². The summed E-state index contributed by atoms with van der Waals surface area (Å²) in [5.74, 6) is 0.00928. The number of amides is 3. The number of rotatable bonds is 7. The Morgan fingerprint density at radius 1 is 1.10 bits per heavy atom. The fourth-order valence-corrected chi connectivity index (χ4v) is 3.38. The number of hydrogen-bond donors (Lipinski definition) is 2. The van der Waals surface area contributed by atoms with Gasteiger partial charge in [-0.3, -0.25) is 14.4 Å². The SMILES string of the molecule is COc1cccc(CCN2CC(C(=O)Nc3cccc(NC(C)=O)c3)CC2=O)c1. The van der Waals surface area contributed by atoms with Crippen LogP contribution in [-0.4, -0.2) is 42.8 Å². The lowest BCUT2D eigenvalue weighted by atomic mass is 10.1. The van der Waals surface area contributed by atoms with Gasteiger partial charge in [-0.15, -0.1) is 0 Å². The standard InChI is InChI=1S/C22H25N3O4/c1-15(26)23-18-6-4-7-19(13-18)24-22(28)17-12-21(27)25(14-17)10-9-16-5-3-8-20(11-16)29-2/h3-8,11,13,17H,9-10,12,14H2,1-2H3,(H,23,26)(H,24,28). The van der Waals surface area contributed by atoms with Gasteiger partial charge in [0, 0.05) is 37.8 Å². The van der Waals surface area contributed by atoms with E-state index in [0.717, 1.165) is 11.3 Å². The third kappa shape index (κ3) is 5.57. The molecular weight excluding hydrogens is 370 g/mol. The molecule has 1 unspecified atom stereocenters. The molecule has 0 aromatic heterocycles. The lowest BCUT2D eigenvalue weighted by Crippen LogP contribution is -2.30. The van der Waals surface area contributed by atoms with Gasteiger partial charge in [-0.2, -0.15) is 0 Å². The minimum Gasteiger partial charge on any atom is -0.497 e. The average Bonchev–Trinajstić information content (AvgIpc) is 3.07. The zero-order valence-corrected chi connectivity index (χ0v) is 16.6. The smallest absolute Gasteiger partial charge is 0.229 e. The maximum absolute atomic E-state index is 12.6. The van der Waals surface area contributed by atoms with Crippen LogP contribution in [0.3, 0.4) is 0 Å². The molecule has 1 atom stereocenters. The van der Waals surface area contributed by atoms with E-state index in [1.807, 2.05) is 24.3 Å². The Labute approximate surface area is 170 Å². The fraction of sp³-hybridized carbons (Fsp3) is 0.318. The van der Waals surface area contributed by atoms with Gasteiger partial charge in [0.2, 0.25) is 17.7 Å².